The van der Waals surface area contributed by atoms with Crippen molar-refractivity contribution >= 4 is 23.5 Å². The van der Waals surface area contributed by atoms with Crippen LogP contribution in [-0.4, -0.2) is 46.8 Å². The van der Waals surface area contributed by atoms with E-state index in [9.17, 15) is 19.5 Å². The SMILES string of the molecule is O=C([O-])CC1Nc2cc(C(=O)NCCc3ccncc3)ccc2CN(CCc2ccccc2)C1=O. The van der Waals surface area contributed by atoms with Crippen LogP contribution >= 0.6 is 0 Å². The first kappa shape index (κ1) is 23.9. The standard InChI is InChI=1S/C27H28N4O4/c32-25(33)17-24-27(35)31(15-11-19-4-2-1-3-5-19)18-22-7-6-21(16-23(22)30-24)26(34)29-14-10-20-8-12-28-13-9-20/h1-9,12-13,16,24,30H,10-11,14-15,17-18H2,(H,29,34)(H,32,33)/p-1. The van der Waals surface area contributed by atoms with Crippen molar-refractivity contribution in [2.24, 2.45) is 0 Å². The van der Waals surface area contributed by atoms with Gasteiger partial charge in [-0.1, -0.05) is 36.4 Å². The molecular formula is C27H27N4O4-. The van der Waals surface area contributed by atoms with Gasteiger partial charge < -0.3 is 25.4 Å². The first-order valence-corrected chi connectivity index (χ1v) is 11.6. The number of rotatable bonds is 9. The van der Waals surface area contributed by atoms with Gasteiger partial charge in [-0.25, -0.2) is 0 Å². The molecule has 0 bridgehead atoms. The predicted octanol–water partition coefficient (Wildman–Crippen LogP) is 1.56. The number of hydrogen-bond donors (Lipinski definition) is 2. The second-order valence-corrected chi connectivity index (χ2v) is 8.50. The minimum atomic E-state index is -1.31. The molecule has 4 rings (SSSR count). The van der Waals surface area contributed by atoms with Gasteiger partial charge in [-0.3, -0.25) is 14.6 Å². The van der Waals surface area contributed by atoms with Gasteiger partial charge in [0.1, 0.15) is 6.04 Å². The van der Waals surface area contributed by atoms with Crippen LogP contribution in [0, 0.1) is 0 Å². The molecule has 8 heteroatoms. The topological polar surface area (TPSA) is 114 Å². The Bertz CT molecular complexity index is 1180. The molecule has 2 aromatic carbocycles. The Morgan fingerprint density at radius 3 is 2.51 bits per heavy atom. The third-order valence-corrected chi connectivity index (χ3v) is 6.01. The first-order valence-electron chi connectivity index (χ1n) is 11.6. The molecule has 2 N–H and O–H groups in total. The van der Waals surface area contributed by atoms with E-state index in [0.29, 0.717) is 43.7 Å². The summed E-state index contributed by atoms with van der Waals surface area (Å²) in [5, 5.41) is 17.3. The summed E-state index contributed by atoms with van der Waals surface area (Å²) in [4.78, 5) is 42.9. The van der Waals surface area contributed by atoms with Crippen LogP contribution in [0.25, 0.3) is 0 Å². The smallest absolute Gasteiger partial charge is 0.251 e. The van der Waals surface area contributed by atoms with Gasteiger partial charge in [0.2, 0.25) is 5.91 Å². The van der Waals surface area contributed by atoms with Crippen LogP contribution in [0.5, 0.6) is 0 Å². The molecule has 180 valence electrons. The summed E-state index contributed by atoms with van der Waals surface area (Å²) in [5.74, 6) is -1.85. The van der Waals surface area contributed by atoms with Crippen molar-refractivity contribution in [1.82, 2.24) is 15.2 Å². The maximum absolute atomic E-state index is 13.2. The fourth-order valence-electron chi connectivity index (χ4n) is 4.12. The van der Waals surface area contributed by atoms with Crippen molar-refractivity contribution in [3.05, 3.63) is 95.3 Å². The Morgan fingerprint density at radius 2 is 1.77 bits per heavy atom. The number of carbonyl (C=O) groups is 3. The van der Waals surface area contributed by atoms with E-state index >= 15 is 0 Å². The monoisotopic (exact) mass is 471 g/mol. The van der Waals surface area contributed by atoms with E-state index in [1.54, 1.807) is 29.4 Å². The summed E-state index contributed by atoms with van der Waals surface area (Å²) >= 11 is 0. The van der Waals surface area contributed by atoms with E-state index in [0.717, 1.165) is 16.7 Å². The number of amides is 2. The minimum Gasteiger partial charge on any atom is -0.550 e. The van der Waals surface area contributed by atoms with Crippen LogP contribution in [0.3, 0.4) is 0 Å². The number of carboxylic acids is 1. The number of carboxylic acid groups (broad SMARTS) is 1. The lowest BCUT2D eigenvalue weighted by Crippen LogP contribution is -2.44. The molecule has 1 unspecified atom stereocenters. The Kier molecular flexibility index (Phi) is 7.72. The van der Waals surface area contributed by atoms with Crippen LogP contribution in [0.2, 0.25) is 0 Å². The highest BCUT2D eigenvalue weighted by Crippen LogP contribution is 2.26. The lowest BCUT2D eigenvalue weighted by atomic mass is 10.1. The molecule has 0 spiro atoms. The molecular weight excluding hydrogens is 444 g/mol. The Balaban J connectivity index is 1.47. The third kappa shape index (κ3) is 6.44. The molecule has 0 radical (unpaired) electrons. The Labute approximate surface area is 204 Å². The second kappa shape index (κ2) is 11.3. The largest absolute Gasteiger partial charge is 0.550 e. The van der Waals surface area contributed by atoms with E-state index < -0.39 is 18.4 Å². The molecule has 1 aromatic heterocycles. The van der Waals surface area contributed by atoms with Gasteiger partial charge in [0.25, 0.3) is 5.91 Å². The number of hydrogen-bond acceptors (Lipinski definition) is 6. The van der Waals surface area contributed by atoms with Crippen LogP contribution in [0.15, 0.2) is 73.1 Å². The highest BCUT2D eigenvalue weighted by molar-refractivity contribution is 5.96. The van der Waals surface area contributed by atoms with Crippen molar-refractivity contribution < 1.29 is 19.5 Å². The molecule has 3 aromatic rings. The number of nitrogens with one attached hydrogen (secondary N) is 2. The summed E-state index contributed by atoms with van der Waals surface area (Å²) < 4.78 is 0. The van der Waals surface area contributed by atoms with E-state index in [1.807, 2.05) is 48.5 Å². The number of aliphatic carboxylic acids is 1. The summed E-state index contributed by atoms with van der Waals surface area (Å²) in [5.41, 5.74) is 3.99. The zero-order valence-electron chi connectivity index (χ0n) is 19.3. The molecule has 0 saturated heterocycles. The first-order chi connectivity index (χ1) is 17.0. The summed E-state index contributed by atoms with van der Waals surface area (Å²) in [7, 11) is 0. The average molecular weight is 472 g/mol. The molecule has 1 aliphatic rings. The van der Waals surface area contributed by atoms with Crippen molar-refractivity contribution in [1.29, 1.82) is 0 Å². The number of fused-ring (bicyclic) bond motifs is 1. The normalized spacial score (nSPS) is 15.0. The van der Waals surface area contributed by atoms with Crippen LogP contribution in [0.4, 0.5) is 5.69 Å². The maximum Gasteiger partial charge on any atom is 0.251 e. The predicted molar refractivity (Wildman–Crippen MR) is 129 cm³/mol. The quantitative estimate of drug-likeness (QED) is 0.490. The van der Waals surface area contributed by atoms with E-state index in [-0.39, 0.29) is 11.8 Å². The zero-order chi connectivity index (χ0) is 24.6. The van der Waals surface area contributed by atoms with Gasteiger partial charge in [0, 0.05) is 55.7 Å². The van der Waals surface area contributed by atoms with Gasteiger partial charge in [0.05, 0.1) is 0 Å². The van der Waals surface area contributed by atoms with Crippen LogP contribution in [0.1, 0.15) is 33.5 Å². The molecule has 8 nitrogen and oxygen atoms in total. The molecule has 0 fully saturated rings. The number of nitrogens with zero attached hydrogens (tertiary/aromatic N) is 2. The number of benzene rings is 2. The van der Waals surface area contributed by atoms with Crippen LogP contribution in [-0.2, 0) is 29.0 Å². The van der Waals surface area contributed by atoms with Crippen molar-refractivity contribution in [2.45, 2.75) is 31.8 Å². The fraction of sp³-hybridized carbons (Fsp3) is 0.259. The average Bonchev–Trinajstić information content (AvgIpc) is 2.99. The zero-order valence-corrected chi connectivity index (χ0v) is 19.3. The Morgan fingerprint density at radius 1 is 1.03 bits per heavy atom. The van der Waals surface area contributed by atoms with Gasteiger partial charge in [-0.05, 0) is 53.8 Å². The van der Waals surface area contributed by atoms with E-state index in [1.165, 1.54) is 0 Å². The van der Waals surface area contributed by atoms with Gasteiger partial charge >= 0.3 is 0 Å². The van der Waals surface area contributed by atoms with Gasteiger partial charge in [-0.2, -0.15) is 0 Å². The maximum atomic E-state index is 13.2. The van der Waals surface area contributed by atoms with Crippen molar-refractivity contribution in [2.75, 3.05) is 18.4 Å². The second-order valence-electron chi connectivity index (χ2n) is 8.50. The minimum absolute atomic E-state index is 0.239. The van der Waals surface area contributed by atoms with Gasteiger partial charge in [0.15, 0.2) is 0 Å². The lowest BCUT2D eigenvalue weighted by molar-refractivity contribution is -0.305. The highest BCUT2D eigenvalue weighted by atomic mass is 16.4. The molecule has 2 heterocycles. The molecule has 1 atom stereocenters. The summed E-state index contributed by atoms with van der Waals surface area (Å²) in [6.07, 6.45) is 4.29. The molecule has 35 heavy (non-hydrogen) atoms. The number of aromatic nitrogens is 1. The van der Waals surface area contributed by atoms with Crippen molar-refractivity contribution in [3.63, 3.8) is 0 Å². The third-order valence-electron chi connectivity index (χ3n) is 6.01. The Hall–Kier alpha value is -4.20. The molecule has 2 amide bonds. The molecule has 1 aliphatic heterocycles. The van der Waals surface area contributed by atoms with E-state index in [2.05, 4.69) is 15.6 Å². The fourth-order valence-corrected chi connectivity index (χ4v) is 4.12. The molecule has 0 saturated carbocycles. The number of anilines is 1. The number of carbonyl (C=O) groups excluding carboxylic acids is 3. The van der Waals surface area contributed by atoms with Gasteiger partial charge in [-0.15, -0.1) is 0 Å². The summed E-state index contributed by atoms with van der Waals surface area (Å²) in [6.45, 7) is 1.23. The number of pyridine rings is 1. The molecule has 0 aliphatic carbocycles. The van der Waals surface area contributed by atoms with E-state index in [4.69, 9.17) is 0 Å². The van der Waals surface area contributed by atoms with Crippen molar-refractivity contribution in [3.8, 4) is 0 Å². The highest BCUT2D eigenvalue weighted by Gasteiger charge is 2.29. The van der Waals surface area contributed by atoms with Crippen LogP contribution < -0.4 is 15.7 Å². The lowest BCUT2D eigenvalue weighted by Gasteiger charge is -2.25. The summed E-state index contributed by atoms with van der Waals surface area (Å²) in [6, 6.07) is 17.8.